The summed E-state index contributed by atoms with van der Waals surface area (Å²) in [5.74, 6) is 0. The van der Waals surface area contributed by atoms with E-state index in [1.807, 2.05) is 0 Å². The minimum atomic E-state index is -0.310. The maximum Gasteiger partial charge on any atom is 0.180 e. The second kappa shape index (κ2) is 13.7. The van der Waals surface area contributed by atoms with Gasteiger partial charge in [-0.2, -0.15) is 0 Å². The average molecular weight is 292 g/mol. The van der Waals surface area contributed by atoms with Crippen molar-refractivity contribution < 1.29 is 23.7 Å². The summed E-state index contributed by atoms with van der Waals surface area (Å²) in [6, 6.07) is 0. The highest BCUT2D eigenvalue weighted by atomic mass is 16.7. The van der Waals surface area contributed by atoms with Crippen LogP contribution in [0.5, 0.6) is 0 Å². The fourth-order valence-corrected chi connectivity index (χ4v) is 1.63. The maximum absolute atomic E-state index is 5.55. The molecule has 0 amide bonds. The van der Waals surface area contributed by atoms with E-state index in [0.717, 1.165) is 26.2 Å². The van der Waals surface area contributed by atoms with Gasteiger partial charge in [0.25, 0.3) is 0 Å². The SMILES string of the molecule is COC1COCCNCCOCCOCCNCCO1. The van der Waals surface area contributed by atoms with Crippen LogP contribution in [0, 0.1) is 0 Å². The molecule has 1 saturated heterocycles. The Balaban J connectivity index is 2.14. The Bertz CT molecular complexity index is 191. The Morgan fingerprint density at radius 3 is 1.90 bits per heavy atom. The molecule has 20 heavy (non-hydrogen) atoms. The van der Waals surface area contributed by atoms with E-state index in [1.54, 1.807) is 7.11 Å². The average Bonchev–Trinajstić information content (AvgIpc) is 2.47. The molecule has 120 valence electrons. The standard InChI is InChI=1S/C13H28N2O5/c1-16-13-12-19-8-4-14-2-6-17-10-11-18-7-3-15-5-9-20-13/h13-15H,2-12H2,1H3. The van der Waals surface area contributed by atoms with Gasteiger partial charge in [-0.3, -0.25) is 0 Å². The van der Waals surface area contributed by atoms with E-state index in [1.165, 1.54) is 0 Å². The van der Waals surface area contributed by atoms with Crippen LogP contribution in [0.25, 0.3) is 0 Å². The van der Waals surface area contributed by atoms with E-state index >= 15 is 0 Å². The molecule has 7 nitrogen and oxygen atoms in total. The molecule has 0 aromatic heterocycles. The monoisotopic (exact) mass is 292 g/mol. The van der Waals surface area contributed by atoms with Crippen molar-refractivity contribution in [2.75, 3.05) is 79.5 Å². The summed E-state index contributed by atoms with van der Waals surface area (Å²) in [6.07, 6.45) is -0.310. The molecule has 0 aliphatic carbocycles. The lowest BCUT2D eigenvalue weighted by molar-refractivity contribution is -0.155. The molecule has 1 atom stereocenters. The van der Waals surface area contributed by atoms with Crippen molar-refractivity contribution in [3.8, 4) is 0 Å². The number of hydrogen-bond donors (Lipinski definition) is 2. The predicted octanol–water partition coefficient (Wildman–Crippen LogP) is -0.782. The molecule has 1 rings (SSSR count). The molecule has 0 radical (unpaired) electrons. The topological polar surface area (TPSA) is 70.2 Å². The molecule has 0 spiro atoms. The van der Waals surface area contributed by atoms with Crippen LogP contribution in [0.1, 0.15) is 0 Å². The van der Waals surface area contributed by atoms with Gasteiger partial charge in [-0.25, -0.2) is 0 Å². The van der Waals surface area contributed by atoms with Crippen molar-refractivity contribution in [2.45, 2.75) is 6.29 Å². The molecule has 7 heteroatoms. The maximum atomic E-state index is 5.55. The van der Waals surface area contributed by atoms with Gasteiger partial charge < -0.3 is 34.3 Å². The molecular weight excluding hydrogens is 264 g/mol. The number of ether oxygens (including phenoxy) is 5. The van der Waals surface area contributed by atoms with E-state index in [4.69, 9.17) is 23.7 Å². The van der Waals surface area contributed by atoms with Crippen molar-refractivity contribution in [1.82, 2.24) is 10.6 Å². The molecule has 0 aromatic rings. The van der Waals surface area contributed by atoms with E-state index < -0.39 is 0 Å². The summed E-state index contributed by atoms with van der Waals surface area (Å²) in [6.45, 7) is 7.46. The fourth-order valence-electron chi connectivity index (χ4n) is 1.63. The lowest BCUT2D eigenvalue weighted by Crippen LogP contribution is -2.31. The van der Waals surface area contributed by atoms with Gasteiger partial charge in [0, 0.05) is 33.3 Å². The Morgan fingerprint density at radius 2 is 1.30 bits per heavy atom. The normalized spacial score (nSPS) is 26.6. The fraction of sp³-hybridized carbons (Fsp3) is 1.00. The molecular formula is C13H28N2O5. The van der Waals surface area contributed by atoms with Crippen molar-refractivity contribution in [3.05, 3.63) is 0 Å². The molecule has 0 saturated carbocycles. The van der Waals surface area contributed by atoms with Crippen LogP contribution < -0.4 is 10.6 Å². The Labute approximate surface area is 121 Å². The van der Waals surface area contributed by atoms with E-state index in [0.29, 0.717) is 46.2 Å². The van der Waals surface area contributed by atoms with Crippen LogP contribution in [-0.4, -0.2) is 85.8 Å². The van der Waals surface area contributed by atoms with Gasteiger partial charge in [0.15, 0.2) is 6.29 Å². The minimum Gasteiger partial charge on any atom is -0.378 e. The van der Waals surface area contributed by atoms with Crippen molar-refractivity contribution in [2.24, 2.45) is 0 Å². The zero-order valence-corrected chi connectivity index (χ0v) is 12.4. The third-order valence-electron chi connectivity index (χ3n) is 2.74. The third kappa shape index (κ3) is 10.5. The summed E-state index contributed by atoms with van der Waals surface area (Å²) in [5, 5.41) is 6.48. The first kappa shape index (κ1) is 17.8. The van der Waals surface area contributed by atoms with Gasteiger partial charge in [0.1, 0.15) is 0 Å². The lowest BCUT2D eigenvalue weighted by atomic mass is 10.5. The highest BCUT2D eigenvalue weighted by molar-refractivity contribution is 4.50. The minimum absolute atomic E-state index is 0.310. The molecule has 1 aliphatic rings. The number of nitrogens with one attached hydrogen (secondary N) is 2. The molecule has 1 unspecified atom stereocenters. The summed E-state index contributed by atoms with van der Waals surface area (Å²) in [4.78, 5) is 0. The number of rotatable bonds is 1. The zero-order valence-electron chi connectivity index (χ0n) is 12.4. The Kier molecular flexibility index (Phi) is 12.2. The van der Waals surface area contributed by atoms with Crippen LogP contribution in [0.2, 0.25) is 0 Å². The summed E-state index contributed by atoms with van der Waals surface area (Å²) < 4.78 is 27.1. The smallest absolute Gasteiger partial charge is 0.180 e. The second-order valence-corrected chi connectivity index (χ2v) is 4.34. The molecule has 1 aliphatic heterocycles. The van der Waals surface area contributed by atoms with Crippen LogP contribution in [0.3, 0.4) is 0 Å². The zero-order chi connectivity index (χ0) is 14.3. The Morgan fingerprint density at radius 1 is 0.750 bits per heavy atom. The van der Waals surface area contributed by atoms with Crippen LogP contribution in [-0.2, 0) is 23.7 Å². The van der Waals surface area contributed by atoms with Gasteiger partial charge >= 0.3 is 0 Å². The first-order valence-electron chi connectivity index (χ1n) is 7.22. The Hall–Kier alpha value is -0.280. The van der Waals surface area contributed by atoms with E-state index in [2.05, 4.69) is 10.6 Å². The molecule has 0 bridgehead atoms. The van der Waals surface area contributed by atoms with Gasteiger partial charge in [0.05, 0.1) is 46.2 Å². The van der Waals surface area contributed by atoms with Crippen molar-refractivity contribution >= 4 is 0 Å². The van der Waals surface area contributed by atoms with E-state index in [-0.39, 0.29) is 6.29 Å². The molecule has 0 aromatic carbocycles. The second-order valence-electron chi connectivity index (χ2n) is 4.34. The molecule has 1 fully saturated rings. The number of methoxy groups -OCH3 is 1. The molecule has 2 N–H and O–H groups in total. The van der Waals surface area contributed by atoms with Crippen LogP contribution in [0.15, 0.2) is 0 Å². The number of hydrogen-bond acceptors (Lipinski definition) is 7. The van der Waals surface area contributed by atoms with Crippen molar-refractivity contribution in [3.63, 3.8) is 0 Å². The lowest BCUT2D eigenvalue weighted by Gasteiger charge is -2.17. The van der Waals surface area contributed by atoms with Gasteiger partial charge in [-0.15, -0.1) is 0 Å². The van der Waals surface area contributed by atoms with Crippen molar-refractivity contribution in [1.29, 1.82) is 0 Å². The van der Waals surface area contributed by atoms with Crippen LogP contribution in [0.4, 0.5) is 0 Å². The summed E-state index contributed by atoms with van der Waals surface area (Å²) in [7, 11) is 1.62. The third-order valence-corrected chi connectivity index (χ3v) is 2.74. The van der Waals surface area contributed by atoms with Gasteiger partial charge in [-0.1, -0.05) is 0 Å². The summed E-state index contributed by atoms with van der Waals surface area (Å²) >= 11 is 0. The molecule has 1 heterocycles. The van der Waals surface area contributed by atoms with Gasteiger partial charge in [-0.05, 0) is 0 Å². The first-order chi connectivity index (χ1) is 9.93. The summed E-state index contributed by atoms with van der Waals surface area (Å²) in [5.41, 5.74) is 0. The first-order valence-corrected chi connectivity index (χ1v) is 7.22. The largest absolute Gasteiger partial charge is 0.378 e. The highest BCUT2D eigenvalue weighted by Gasteiger charge is 2.07. The van der Waals surface area contributed by atoms with E-state index in [9.17, 15) is 0 Å². The quantitative estimate of drug-likeness (QED) is 0.657. The van der Waals surface area contributed by atoms with Crippen LogP contribution >= 0.6 is 0 Å². The van der Waals surface area contributed by atoms with Gasteiger partial charge in [0.2, 0.25) is 0 Å². The predicted molar refractivity (Wildman–Crippen MR) is 74.9 cm³/mol. The highest BCUT2D eigenvalue weighted by Crippen LogP contribution is 1.94.